The summed E-state index contributed by atoms with van der Waals surface area (Å²) in [6, 6.07) is 0. The molecule has 5 nitrogen and oxygen atoms in total. The van der Waals surface area contributed by atoms with Gasteiger partial charge in [0.1, 0.15) is 5.76 Å². The standard InChI is InChI=1S/C13H21F3N4O/c1-9-11(10(2)21-20-9)5-4-7-18-12(17-3)19-8-6-13(14,15)16/h4-8H2,1-3H3,(H2,17,18,19). The molecule has 0 aliphatic heterocycles. The van der Waals surface area contributed by atoms with Gasteiger partial charge < -0.3 is 15.2 Å². The van der Waals surface area contributed by atoms with E-state index >= 15 is 0 Å². The molecule has 0 saturated heterocycles. The summed E-state index contributed by atoms with van der Waals surface area (Å²) >= 11 is 0. The normalized spacial score (nSPS) is 12.6. The van der Waals surface area contributed by atoms with Crippen LogP contribution in [0, 0.1) is 13.8 Å². The molecule has 1 aromatic heterocycles. The van der Waals surface area contributed by atoms with Crippen LogP contribution in [-0.4, -0.2) is 37.4 Å². The lowest BCUT2D eigenvalue weighted by atomic mass is 10.1. The van der Waals surface area contributed by atoms with E-state index < -0.39 is 12.6 Å². The van der Waals surface area contributed by atoms with Crippen LogP contribution in [0.5, 0.6) is 0 Å². The van der Waals surface area contributed by atoms with E-state index in [1.54, 1.807) is 0 Å². The van der Waals surface area contributed by atoms with Crippen LogP contribution in [0.25, 0.3) is 0 Å². The summed E-state index contributed by atoms with van der Waals surface area (Å²) in [5.74, 6) is 1.18. The van der Waals surface area contributed by atoms with Gasteiger partial charge in [-0.1, -0.05) is 5.16 Å². The van der Waals surface area contributed by atoms with Crippen molar-refractivity contribution in [3.63, 3.8) is 0 Å². The molecule has 0 saturated carbocycles. The Labute approximate surface area is 122 Å². The van der Waals surface area contributed by atoms with Crippen molar-refractivity contribution in [3.8, 4) is 0 Å². The van der Waals surface area contributed by atoms with Crippen molar-refractivity contribution >= 4 is 5.96 Å². The van der Waals surface area contributed by atoms with E-state index in [0.29, 0.717) is 12.5 Å². The molecular weight excluding hydrogens is 285 g/mol. The van der Waals surface area contributed by atoms with E-state index in [4.69, 9.17) is 4.52 Å². The lowest BCUT2D eigenvalue weighted by Gasteiger charge is -2.12. The van der Waals surface area contributed by atoms with Gasteiger partial charge in [-0.2, -0.15) is 13.2 Å². The van der Waals surface area contributed by atoms with Crippen LogP contribution >= 0.6 is 0 Å². The number of hydrogen-bond donors (Lipinski definition) is 2. The first kappa shape index (κ1) is 17.3. The third-order valence-corrected chi connectivity index (χ3v) is 3.00. The molecule has 120 valence electrons. The quantitative estimate of drug-likeness (QED) is 0.481. The molecule has 0 amide bonds. The zero-order valence-electron chi connectivity index (χ0n) is 12.5. The average molecular weight is 306 g/mol. The molecule has 1 aromatic rings. The van der Waals surface area contributed by atoms with Crippen molar-refractivity contribution < 1.29 is 17.7 Å². The molecule has 1 heterocycles. The van der Waals surface area contributed by atoms with Crippen LogP contribution in [0.15, 0.2) is 9.52 Å². The molecule has 0 unspecified atom stereocenters. The van der Waals surface area contributed by atoms with Gasteiger partial charge in [0.05, 0.1) is 12.1 Å². The number of alkyl halides is 3. The van der Waals surface area contributed by atoms with Crippen molar-refractivity contribution in [1.29, 1.82) is 0 Å². The maximum absolute atomic E-state index is 12.0. The fourth-order valence-electron chi connectivity index (χ4n) is 1.87. The third kappa shape index (κ3) is 6.50. The number of aromatic nitrogens is 1. The number of guanidine groups is 1. The SMILES string of the molecule is CN=C(NCCCc1c(C)noc1C)NCCC(F)(F)F. The maximum Gasteiger partial charge on any atom is 0.390 e. The van der Waals surface area contributed by atoms with Crippen LogP contribution in [0.4, 0.5) is 13.2 Å². The van der Waals surface area contributed by atoms with Gasteiger partial charge in [0.2, 0.25) is 0 Å². The molecule has 0 bridgehead atoms. The molecule has 0 aliphatic carbocycles. The Balaban J connectivity index is 2.24. The zero-order chi connectivity index (χ0) is 15.9. The Morgan fingerprint density at radius 1 is 1.24 bits per heavy atom. The van der Waals surface area contributed by atoms with Crippen LogP contribution in [-0.2, 0) is 6.42 Å². The summed E-state index contributed by atoms with van der Waals surface area (Å²) in [7, 11) is 1.53. The van der Waals surface area contributed by atoms with Gasteiger partial charge in [-0.3, -0.25) is 4.99 Å². The smallest absolute Gasteiger partial charge is 0.361 e. The van der Waals surface area contributed by atoms with E-state index in [2.05, 4.69) is 20.8 Å². The highest BCUT2D eigenvalue weighted by Crippen LogP contribution is 2.18. The highest BCUT2D eigenvalue weighted by Gasteiger charge is 2.26. The van der Waals surface area contributed by atoms with Crippen molar-refractivity contribution in [2.24, 2.45) is 4.99 Å². The molecule has 21 heavy (non-hydrogen) atoms. The Kier molecular flexibility index (Phi) is 6.51. The Bertz CT molecular complexity index is 449. The minimum Gasteiger partial charge on any atom is -0.361 e. The van der Waals surface area contributed by atoms with Gasteiger partial charge in [-0.25, -0.2) is 0 Å². The zero-order valence-corrected chi connectivity index (χ0v) is 12.5. The van der Waals surface area contributed by atoms with Crippen LogP contribution in [0.1, 0.15) is 29.9 Å². The first-order valence-corrected chi connectivity index (χ1v) is 6.76. The molecule has 2 N–H and O–H groups in total. The summed E-state index contributed by atoms with van der Waals surface area (Å²) in [6.45, 7) is 4.17. The van der Waals surface area contributed by atoms with Crippen molar-refractivity contribution in [2.45, 2.75) is 39.3 Å². The fraction of sp³-hybridized carbons (Fsp3) is 0.692. The summed E-state index contributed by atoms with van der Waals surface area (Å²) in [6.07, 6.45) is -3.43. The number of nitrogens with one attached hydrogen (secondary N) is 2. The number of nitrogens with zero attached hydrogens (tertiary/aromatic N) is 2. The second kappa shape index (κ2) is 7.90. The monoisotopic (exact) mass is 306 g/mol. The Morgan fingerprint density at radius 3 is 2.43 bits per heavy atom. The summed E-state index contributed by atoms with van der Waals surface area (Å²) in [5, 5.41) is 9.48. The lowest BCUT2D eigenvalue weighted by molar-refractivity contribution is -0.132. The highest BCUT2D eigenvalue weighted by molar-refractivity contribution is 5.79. The van der Waals surface area contributed by atoms with Crippen molar-refractivity contribution in [3.05, 3.63) is 17.0 Å². The van der Waals surface area contributed by atoms with Crippen LogP contribution < -0.4 is 10.6 Å². The molecule has 0 aliphatic rings. The Hall–Kier alpha value is -1.73. The Morgan fingerprint density at radius 2 is 1.90 bits per heavy atom. The summed E-state index contributed by atoms with van der Waals surface area (Å²) in [5.41, 5.74) is 1.96. The summed E-state index contributed by atoms with van der Waals surface area (Å²) in [4.78, 5) is 3.87. The van der Waals surface area contributed by atoms with Gasteiger partial charge in [-0.05, 0) is 26.7 Å². The van der Waals surface area contributed by atoms with Gasteiger partial charge in [-0.15, -0.1) is 0 Å². The van der Waals surface area contributed by atoms with Crippen LogP contribution in [0.2, 0.25) is 0 Å². The topological polar surface area (TPSA) is 62.5 Å². The van der Waals surface area contributed by atoms with Gasteiger partial charge in [0.25, 0.3) is 0 Å². The highest BCUT2D eigenvalue weighted by atomic mass is 19.4. The van der Waals surface area contributed by atoms with Crippen LogP contribution in [0.3, 0.4) is 0 Å². The molecule has 1 rings (SSSR count). The second-order valence-electron chi connectivity index (χ2n) is 4.70. The third-order valence-electron chi connectivity index (χ3n) is 3.00. The molecule has 0 aromatic carbocycles. The van der Waals surface area contributed by atoms with Gasteiger partial charge >= 0.3 is 6.18 Å². The van der Waals surface area contributed by atoms with Crippen molar-refractivity contribution in [2.75, 3.05) is 20.1 Å². The predicted octanol–water partition coefficient (Wildman–Crippen LogP) is 2.34. The molecular formula is C13H21F3N4O. The minimum atomic E-state index is -4.16. The van der Waals surface area contributed by atoms with E-state index in [9.17, 15) is 13.2 Å². The minimum absolute atomic E-state index is 0.187. The second-order valence-corrected chi connectivity index (χ2v) is 4.70. The van der Waals surface area contributed by atoms with E-state index in [1.807, 2.05) is 13.8 Å². The lowest BCUT2D eigenvalue weighted by Crippen LogP contribution is -2.39. The van der Waals surface area contributed by atoms with Crippen molar-refractivity contribution in [1.82, 2.24) is 15.8 Å². The first-order chi connectivity index (χ1) is 9.83. The largest absolute Gasteiger partial charge is 0.390 e. The van der Waals surface area contributed by atoms with Gasteiger partial charge in [0, 0.05) is 25.7 Å². The molecule has 0 spiro atoms. The maximum atomic E-state index is 12.0. The average Bonchev–Trinajstić information content (AvgIpc) is 2.71. The number of hydrogen-bond acceptors (Lipinski definition) is 3. The number of halogens is 3. The molecule has 0 atom stereocenters. The molecule has 0 fully saturated rings. The fourth-order valence-corrected chi connectivity index (χ4v) is 1.87. The predicted molar refractivity (Wildman–Crippen MR) is 74.3 cm³/mol. The number of rotatable bonds is 6. The number of aryl methyl sites for hydroxylation is 2. The van der Waals surface area contributed by atoms with Gasteiger partial charge in [0.15, 0.2) is 5.96 Å². The summed E-state index contributed by atoms with van der Waals surface area (Å²) < 4.78 is 41.2. The first-order valence-electron chi connectivity index (χ1n) is 6.76. The van der Waals surface area contributed by atoms with E-state index in [0.717, 1.165) is 29.9 Å². The number of aliphatic imine (C=N–C) groups is 1. The van der Waals surface area contributed by atoms with E-state index in [1.165, 1.54) is 7.05 Å². The van der Waals surface area contributed by atoms with E-state index in [-0.39, 0.29) is 6.54 Å². The molecule has 8 heteroatoms. The molecule has 0 radical (unpaired) electrons.